The molecule has 0 saturated heterocycles. The molecule has 0 aliphatic carbocycles. The first-order valence-corrected chi connectivity index (χ1v) is 4.44. The van der Waals surface area contributed by atoms with Crippen LogP contribution in [0.25, 0.3) is 0 Å². The van der Waals surface area contributed by atoms with Gasteiger partial charge in [0.05, 0.1) is 0 Å². The van der Waals surface area contributed by atoms with Crippen molar-refractivity contribution in [3.05, 3.63) is 33.3 Å². The molecule has 0 aromatic heterocycles. The summed E-state index contributed by atoms with van der Waals surface area (Å²) in [6, 6.07) is 3.62. The summed E-state index contributed by atoms with van der Waals surface area (Å²) in [4.78, 5) is 0. The van der Waals surface area contributed by atoms with E-state index in [2.05, 4.69) is 0 Å². The Labute approximate surface area is 81.1 Å². The van der Waals surface area contributed by atoms with Crippen molar-refractivity contribution in [2.75, 3.05) is 0 Å². The molecular formula is C8H7Cl3. The van der Waals surface area contributed by atoms with E-state index in [1.54, 1.807) is 6.07 Å². The predicted octanol–water partition coefficient (Wildman–Crippen LogP) is 4.04. The van der Waals surface area contributed by atoms with Crippen molar-refractivity contribution >= 4 is 34.8 Å². The van der Waals surface area contributed by atoms with E-state index >= 15 is 0 Å². The van der Waals surface area contributed by atoms with Crippen molar-refractivity contribution in [2.24, 2.45) is 0 Å². The second-order valence-corrected chi connectivity index (χ2v) is 3.41. The molecule has 0 saturated carbocycles. The number of rotatable bonds is 1. The molecule has 1 aromatic carbocycles. The van der Waals surface area contributed by atoms with Crippen LogP contribution in [0.5, 0.6) is 0 Å². The third-order valence-corrected chi connectivity index (χ3v) is 2.52. The Morgan fingerprint density at radius 3 is 2.36 bits per heavy atom. The molecule has 60 valence electrons. The van der Waals surface area contributed by atoms with Crippen LogP contribution in [0.4, 0.5) is 0 Å². The van der Waals surface area contributed by atoms with E-state index in [1.807, 2.05) is 13.0 Å². The first-order valence-electron chi connectivity index (χ1n) is 3.15. The summed E-state index contributed by atoms with van der Waals surface area (Å²) < 4.78 is 0. The van der Waals surface area contributed by atoms with Crippen LogP contribution in [0, 0.1) is 6.92 Å². The first-order chi connectivity index (χ1) is 5.15. The smallest absolute Gasteiger partial charge is 0.0488 e. The minimum atomic E-state index is 0.427. The third kappa shape index (κ3) is 2.02. The fourth-order valence-electron chi connectivity index (χ4n) is 0.819. The summed E-state index contributed by atoms with van der Waals surface area (Å²) >= 11 is 17.3. The Kier molecular flexibility index (Phi) is 3.06. The maximum Gasteiger partial charge on any atom is 0.0488 e. The predicted molar refractivity (Wildman–Crippen MR) is 50.8 cm³/mol. The highest BCUT2D eigenvalue weighted by Crippen LogP contribution is 2.25. The summed E-state index contributed by atoms with van der Waals surface area (Å²) in [7, 11) is 0. The lowest BCUT2D eigenvalue weighted by molar-refractivity contribution is 1.35. The van der Waals surface area contributed by atoms with E-state index in [9.17, 15) is 0 Å². The molecule has 0 atom stereocenters. The summed E-state index contributed by atoms with van der Waals surface area (Å²) in [6.45, 7) is 1.93. The molecular weight excluding hydrogens is 202 g/mol. The largest absolute Gasteiger partial charge is 0.121 e. The van der Waals surface area contributed by atoms with Crippen LogP contribution >= 0.6 is 34.8 Å². The molecule has 0 N–H and O–H groups in total. The Morgan fingerprint density at radius 1 is 1.18 bits per heavy atom. The van der Waals surface area contributed by atoms with Crippen LogP contribution in [0.2, 0.25) is 10.0 Å². The molecule has 0 nitrogen and oxygen atoms in total. The lowest BCUT2D eigenvalue weighted by atomic mass is 10.2. The molecule has 0 radical (unpaired) electrons. The van der Waals surface area contributed by atoms with Crippen molar-refractivity contribution in [1.82, 2.24) is 0 Å². The maximum absolute atomic E-state index is 5.83. The highest BCUT2D eigenvalue weighted by Gasteiger charge is 2.02. The van der Waals surface area contributed by atoms with Gasteiger partial charge in [0.1, 0.15) is 0 Å². The van der Waals surface area contributed by atoms with Crippen LogP contribution in [0.1, 0.15) is 11.1 Å². The zero-order valence-corrected chi connectivity index (χ0v) is 8.26. The first kappa shape index (κ1) is 9.18. The molecule has 0 heterocycles. The van der Waals surface area contributed by atoms with Crippen LogP contribution in [0.15, 0.2) is 12.1 Å². The Balaban J connectivity index is 3.21. The van der Waals surface area contributed by atoms with Crippen LogP contribution in [-0.2, 0) is 5.88 Å². The van der Waals surface area contributed by atoms with Crippen LogP contribution in [-0.4, -0.2) is 0 Å². The molecule has 0 spiro atoms. The molecule has 1 aromatic rings. The van der Waals surface area contributed by atoms with Gasteiger partial charge >= 0.3 is 0 Å². The van der Waals surface area contributed by atoms with Gasteiger partial charge in [0, 0.05) is 15.9 Å². The number of alkyl halides is 1. The lowest BCUT2D eigenvalue weighted by Gasteiger charge is -2.02. The van der Waals surface area contributed by atoms with E-state index in [1.165, 1.54) is 0 Å². The van der Waals surface area contributed by atoms with Gasteiger partial charge in [0.2, 0.25) is 0 Å². The van der Waals surface area contributed by atoms with Gasteiger partial charge in [0.15, 0.2) is 0 Å². The molecule has 0 aliphatic rings. The van der Waals surface area contributed by atoms with Crippen molar-refractivity contribution in [2.45, 2.75) is 12.8 Å². The molecule has 0 fully saturated rings. The topological polar surface area (TPSA) is 0 Å². The monoisotopic (exact) mass is 208 g/mol. The minimum absolute atomic E-state index is 0.427. The molecule has 11 heavy (non-hydrogen) atoms. The zero-order valence-electron chi connectivity index (χ0n) is 6.00. The van der Waals surface area contributed by atoms with Gasteiger partial charge in [-0.15, -0.1) is 11.6 Å². The maximum atomic E-state index is 5.83. The van der Waals surface area contributed by atoms with Gasteiger partial charge in [-0.2, -0.15) is 0 Å². The van der Waals surface area contributed by atoms with E-state index in [4.69, 9.17) is 34.8 Å². The SMILES string of the molecule is Cc1cc(CCl)c(Cl)cc1Cl. The summed E-state index contributed by atoms with van der Waals surface area (Å²) in [5.74, 6) is 0.427. The van der Waals surface area contributed by atoms with Gasteiger partial charge in [-0.3, -0.25) is 0 Å². The van der Waals surface area contributed by atoms with Crippen molar-refractivity contribution in [3.63, 3.8) is 0 Å². The Bertz CT molecular complexity index is 268. The molecule has 0 unspecified atom stereocenters. The second-order valence-electron chi connectivity index (χ2n) is 2.33. The van der Waals surface area contributed by atoms with Crippen molar-refractivity contribution < 1.29 is 0 Å². The fourth-order valence-corrected chi connectivity index (χ4v) is 1.56. The van der Waals surface area contributed by atoms with Crippen molar-refractivity contribution in [1.29, 1.82) is 0 Å². The standard InChI is InChI=1S/C8H7Cl3/c1-5-2-6(4-9)8(11)3-7(5)10/h2-3H,4H2,1H3. The molecule has 0 bridgehead atoms. The van der Waals surface area contributed by atoms with Gasteiger partial charge < -0.3 is 0 Å². The van der Waals surface area contributed by atoms with E-state index in [0.29, 0.717) is 15.9 Å². The van der Waals surface area contributed by atoms with Gasteiger partial charge in [0.25, 0.3) is 0 Å². The van der Waals surface area contributed by atoms with Crippen LogP contribution < -0.4 is 0 Å². The highest BCUT2D eigenvalue weighted by atomic mass is 35.5. The highest BCUT2D eigenvalue weighted by molar-refractivity contribution is 6.36. The Hall–Kier alpha value is 0.0900. The average Bonchev–Trinajstić information content (AvgIpc) is 1.97. The van der Waals surface area contributed by atoms with Crippen molar-refractivity contribution in [3.8, 4) is 0 Å². The number of aryl methyl sites for hydroxylation is 1. The van der Waals surface area contributed by atoms with Crippen LogP contribution in [0.3, 0.4) is 0 Å². The van der Waals surface area contributed by atoms with Gasteiger partial charge in [-0.25, -0.2) is 0 Å². The third-order valence-electron chi connectivity index (χ3n) is 1.47. The van der Waals surface area contributed by atoms with E-state index in [-0.39, 0.29) is 0 Å². The summed E-state index contributed by atoms with van der Waals surface area (Å²) in [6.07, 6.45) is 0. The number of halogens is 3. The number of hydrogen-bond acceptors (Lipinski definition) is 0. The average molecular weight is 210 g/mol. The second kappa shape index (κ2) is 3.66. The molecule has 0 amide bonds. The molecule has 3 heteroatoms. The lowest BCUT2D eigenvalue weighted by Crippen LogP contribution is -1.83. The van der Waals surface area contributed by atoms with E-state index < -0.39 is 0 Å². The summed E-state index contributed by atoms with van der Waals surface area (Å²) in [5, 5.41) is 1.32. The van der Waals surface area contributed by atoms with Gasteiger partial charge in [-0.05, 0) is 24.1 Å². The quantitative estimate of drug-likeness (QED) is 0.613. The zero-order chi connectivity index (χ0) is 8.43. The molecule has 1 rings (SSSR count). The normalized spacial score (nSPS) is 10.2. The van der Waals surface area contributed by atoms with Gasteiger partial charge in [-0.1, -0.05) is 29.3 Å². The Morgan fingerprint density at radius 2 is 1.82 bits per heavy atom. The number of benzene rings is 1. The van der Waals surface area contributed by atoms with E-state index in [0.717, 1.165) is 11.1 Å². The minimum Gasteiger partial charge on any atom is -0.121 e. The summed E-state index contributed by atoms with van der Waals surface area (Å²) in [5.41, 5.74) is 1.93. The molecule has 0 aliphatic heterocycles. The fraction of sp³-hybridized carbons (Fsp3) is 0.250. The number of hydrogen-bond donors (Lipinski definition) is 0.